The lowest BCUT2D eigenvalue weighted by molar-refractivity contribution is 0.0487. The summed E-state index contributed by atoms with van der Waals surface area (Å²) in [6, 6.07) is 7.54. The SMILES string of the molecule is Cc1cc(OC2CN(C(=O)Nc3ccc(Cl)c(Cl)c3)C2)cc(=O)o1. The van der Waals surface area contributed by atoms with Crippen molar-refractivity contribution >= 4 is 34.9 Å². The summed E-state index contributed by atoms with van der Waals surface area (Å²) >= 11 is 11.7. The molecule has 0 bridgehead atoms. The van der Waals surface area contributed by atoms with Gasteiger partial charge in [-0.2, -0.15) is 0 Å². The van der Waals surface area contributed by atoms with Gasteiger partial charge < -0.3 is 19.4 Å². The molecule has 1 aliphatic heterocycles. The van der Waals surface area contributed by atoms with Gasteiger partial charge in [0.05, 0.1) is 29.2 Å². The second-order valence-electron chi connectivity index (χ2n) is 5.43. The van der Waals surface area contributed by atoms with Gasteiger partial charge in [0.15, 0.2) is 0 Å². The van der Waals surface area contributed by atoms with E-state index in [4.69, 9.17) is 32.4 Å². The van der Waals surface area contributed by atoms with Crippen LogP contribution in [0.2, 0.25) is 10.0 Å². The Morgan fingerprint density at radius 3 is 2.67 bits per heavy atom. The number of nitrogens with zero attached hydrogens (tertiary/aromatic N) is 1. The van der Waals surface area contributed by atoms with Crippen LogP contribution in [0.5, 0.6) is 5.75 Å². The van der Waals surface area contributed by atoms with Gasteiger partial charge in [-0.3, -0.25) is 0 Å². The zero-order chi connectivity index (χ0) is 17.3. The van der Waals surface area contributed by atoms with Gasteiger partial charge in [-0.1, -0.05) is 23.2 Å². The van der Waals surface area contributed by atoms with Crippen molar-refractivity contribution in [3.8, 4) is 5.75 Å². The fourth-order valence-corrected chi connectivity index (χ4v) is 2.59. The monoisotopic (exact) mass is 368 g/mol. The maximum absolute atomic E-state index is 12.1. The number of ether oxygens (including phenoxy) is 1. The summed E-state index contributed by atoms with van der Waals surface area (Å²) in [6.45, 7) is 2.52. The van der Waals surface area contributed by atoms with E-state index in [9.17, 15) is 9.59 Å². The van der Waals surface area contributed by atoms with Crippen LogP contribution in [-0.4, -0.2) is 30.1 Å². The highest BCUT2D eigenvalue weighted by atomic mass is 35.5. The largest absolute Gasteiger partial charge is 0.486 e. The van der Waals surface area contributed by atoms with Crippen molar-refractivity contribution in [2.75, 3.05) is 18.4 Å². The van der Waals surface area contributed by atoms with Crippen LogP contribution in [0.1, 0.15) is 5.76 Å². The van der Waals surface area contributed by atoms with Crippen LogP contribution in [0.3, 0.4) is 0 Å². The molecule has 1 aromatic heterocycles. The van der Waals surface area contributed by atoms with E-state index < -0.39 is 5.63 Å². The lowest BCUT2D eigenvalue weighted by Crippen LogP contribution is -2.57. The third-order valence-corrected chi connectivity index (χ3v) is 4.22. The predicted molar refractivity (Wildman–Crippen MR) is 91.2 cm³/mol. The van der Waals surface area contributed by atoms with Crippen molar-refractivity contribution < 1.29 is 13.9 Å². The lowest BCUT2D eigenvalue weighted by Gasteiger charge is -2.38. The molecule has 0 atom stereocenters. The molecule has 0 saturated carbocycles. The summed E-state index contributed by atoms with van der Waals surface area (Å²) in [5.74, 6) is 0.921. The number of hydrogen-bond acceptors (Lipinski definition) is 4. The fraction of sp³-hybridized carbons (Fsp3) is 0.250. The number of amides is 2. The molecule has 2 amide bonds. The van der Waals surface area contributed by atoms with Crippen LogP contribution < -0.4 is 15.7 Å². The van der Waals surface area contributed by atoms with Crippen LogP contribution in [-0.2, 0) is 0 Å². The third-order valence-electron chi connectivity index (χ3n) is 3.48. The number of carbonyl (C=O) groups is 1. The zero-order valence-electron chi connectivity index (χ0n) is 12.7. The first-order chi connectivity index (χ1) is 11.4. The van der Waals surface area contributed by atoms with Crippen LogP contribution in [0, 0.1) is 6.92 Å². The second kappa shape index (κ2) is 6.75. The zero-order valence-corrected chi connectivity index (χ0v) is 14.2. The van der Waals surface area contributed by atoms with Crippen LogP contribution in [0.4, 0.5) is 10.5 Å². The normalized spacial score (nSPS) is 14.2. The van der Waals surface area contributed by atoms with Crippen LogP contribution in [0.25, 0.3) is 0 Å². The standard InChI is InChI=1S/C16H14Cl2N2O4/c1-9-4-11(6-15(21)23-9)24-12-7-20(8-12)16(22)19-10-2-3-13(17)14(18)5-10/h2-6,12H,7-8H2,1H3,(H,19,22). The number of urea groups is 1. The third kappa shape index (κ3) is 3.83. The summed E-state index contributed by atoms with van der Waals surface area (Å²) < 4.78 is 10.5. The Hall–Kier alpha value is -2.18. The molecule has 0 unspecified atom stereocenters. The van der Waals surface area contributed by atoms with Gasteiger partial charge in [-0.25, -0.2) is 9.59 Å². The first-order valence-electron chi connectivity index (χ1n) is 7.20. The number of anilines is 1. The molecule has 0 spiro atoms. The summed E-state index contributed by atoms with van der Waals surface area (Å²) in [5, 5.41) is 3.54. The Kier molecular flexibility index (Phi) is 4.69. The number of halogens is 2. The number of rotatable bonds is 3. The summed E-state index contributed by atoms with van der Waals surface area (Å²) in [4.78, 5) is 25.0. The van der Waals surface area contributed by atoms with Gasteiger partial charge >= 0.3 is 11.7 Å². The van der Waals surface area contributed by atoms with E-state index in [0.29, 0.717) is 40.3 Å². The smallest absolute Gasteiger partial charge is 0.339 e. The van der Waals surface area contributed by atoms with Crippen molar-refractivity contribution in [2.24, 2.45) is 0 Å². The number of aryl methyl sites for hydroxylation is 1. The molecule has 8 heteroatoms. The van der Waals surface area contributed by atoms with Crippen molar-refractivity contribution in [3.05, 3.63) is 56.6 Å². The maximum atomic E-state index is 12.1. The van der Waals surface area contributed by atoms with E-state index in [1.807, 2.05) is 0 Å². The average molecular weight is 369 g/mol. The van der Waals surface area contributed by atoms with Gasteiger partial charge in [-0.15, -0.1) is 0 Å². The van der Waals surface area contributed by atoms with E-state index in [1.54, 1.807) is 36.1 Å². The highest BCUT2D eigenvalue weighted by Crippen LogP contribution is 2.25. The molecule has 2 heterocycles. The Balaban J connectivity index is 1.53. The Bertz CT molecular complexity index is 831. The molecular formula is C16H14Cl2N2O4. The number of hydrogen-bond donors (Lipinski definition) is 1. The Morgan fingerprint density at radius 1 is 1.25 bits per heavy atom. The molecule has 0 aliphatic carbocycles. The van der Waals surface area contributed by atoms with E-state index >= 15 is 0 Å². The van der Waals surface area contributed by atoms with Crippen molar-refractivity contribution in [1.82, 2.24) is 4.90 Å². The maximum Gasteiger partial charge on any atom is 0.339 e. The molecule has 1 aromatic carbocycles. The Morgan fingerprint density at radius 2 is 2.00 bits per heavy atom. The van der Waals surface area contributed by atoms with Crippen molar-refractivity contribution in [1.29, 1.82) is 0 Å². The predicted octanol–water partition coefficient (Wildman–Crippen LogP) is 3.55. The van der Waals surface area contributed by atoms with E-state index in [-0.39, 0.29) is 12.1 Å². The molecule has 24 heavy (non-hydrogen) atoms. The minimum atomic E-state index is -0.460. The first-order valence-corrected chi connectivity index (χ1v) is 7.96. The topological polar surface area (TPSA) is 71.8 Å². The first kappa shape index (κ1) is 16.7. The highest BCUT2D eigenvalue weighted by molar-refractivity contribution is 6.42. The number of likely N-dealkylation sites (tertiary alicyclic amines) is 1. The van der Waals surface area contributed by atoms with Crippen molar-refractivity contribution in [3.63, 3.8) is 0 Å². The molecule has 1 fully saturated rings. The number of carbonyl (C=O) groups excluding carboxylic acids is 1. The van der Waals surface area contributed by atoms with E-state index in [0.717, 1.165) is 0 Å². The minimum absolute atomic E-state index is 0.161. The molecule has 1 saturated heterocycles. The molecule has 126 valence electrons. The molecule has 6 nitrogen and oxygen atoms in total. The summed E-state index contributed by atoms with van der Waals surface area (Å²) in [6.07, 6.45) is -0.161. The van der Waals surface area contributed by atoms with Crippen LogP contribution >= 0.6 is 23.2 Å². The van der Waals surface area contributed by atoms with Gasteiger partial charge in [0, 0.05) is 11.8 Å². The van der Waals surface area contributed by atoms with Crippen LogP contribution in [0.15, 0.2) is 39.5 Å². The molecule has 1 N–H and O–H groups in total. The molecular weight excluding hydrogens is 355 g/mol. The molecule has 2 aromatic rings. The fourth-order valence-electron chi connectivity index (χ4n) is 2.29. The van der Waals surface area contributed by atoms with E-state index in [1.165, 1.54) is 6.07 Å². The van der Waals surface area contributed by atoms with Gasteiger partial charge in [-0.05, 0) is 25.1 Å². The average Bonchev–Trinajstić information content (AvgIpc) is 2.45. The van der Waals surface area contributed by atoms with Gasteiger partial charge in [0.2, 0.25) is 0 Å². The Labute approximate surface area is 147 Å². The molecule has 0 radical (unpaired) electrons. The van der Waals surface area contributed by atoms with Gasteiger partial charge in [0.1, 0.15) is 17.6 Å². The summed E-state index contributed by atoms with van der Waals surface area (Å²) in [5.41, 5.74) is 0.105. The molecule has 3 rings (SSSR count). The molecule has 1 aliphatic rings. The number of benzene rings is 1. The second-order valence-corrected chi connectivity index (χ2v) is 6.24. The highest BCUT2D eigenvalue weighted by Gasteiger charge is 2.32. The minimum Gasteiger partial charge on any atom is -0.486 e. The summed E-state index contributed by atoms with van der Waals surface area (Å²) in [7, 11) is 0. The quantitative estimate of drug-likeness (QED) is 0.898. The number of nitrogens with one attached hydrogen (secondary N) is 1. The lowest BCUT2D eigenvalue weighted by atomic mass is 10.2. The van der Waals surface area contributed by atoms with Crippen molar-refractivity contribution in [2.45, 2.75) is 13.0 Å². The van der Waals surface area contributed by atoms with Gasteiger partial charge in [0.25, 0.3) is 0 Å². The van der Waals surface area contributed by atoms with E-state index in [2.05, 4.69) is 5.32 Å².